The zero-order valence-corrected chi connectivity index (χ0v) is 17.5. The first-order valence-corrected chi connectivity index (χ1v) is 11.0. The molecule has 0 spiro atoms. The Morgan fingerprint density at radius 3 is 2.46 bits per heavy atom. The summed E-state index contributed by atoms with van der Waals surface area (Å²) in [6.07, 6.45) is 7.28. The van der Waals surface area contributed by atoms with Crippen LogP contribution in [-0.4, -0.2) is 11.4 Å². The van der Waals surface area contributed by atoms with E-state index in [0.29, 0.717) is 25.8 Å². The molecule has 1 aromatic heterocycles. The van der Waals surface area contributed by atoms with Gasteiger partial charge >= 0.3 is 0 Å². The quantitative estimate of drug-likeness (QED) is 0.590. The number of amides is 1. The highest BCUT2D eigenvalue weighted by atomic mass is 35.5. The van der Waals surface area contributed by atoms with Gasteiger partial charge in [-0.15, -0.1) is 11.3 Å². The molecule has 2 nitrogen and oxygen atoms in total. The molecule has 2 aromatic rings. The van der Waals surface area contributed by atoms with Crippen molar-refractivity contribution in [2.45, 2.75) is 57.9 Å². The van der Waals surface area contributed by atoms with Gasteiger partial charge in [-0.3, -0.25) is 4.79 Å². The van der Waals surface area contributed by atoms with Gasteiger partial charge in [0.2, 0.25) is 0 Å². The number of hydrogen-bond donors (Lipinski definition) is 1. The van der Waals surface area contributed by atoms with E-state index in [0.717, 1.165) is 35.3 Å². The highest BCUT2D eigenvalue weighted by Gasteiger charge is 2.60. The average molecular weight is 408 g/mol. The lowest BCUT2D eigenvalue weighted by Crippen LogP contribution is -2.65. The molecule has 4 aliphatic rings. The van der Waals surface area contributed by atoms with E-state index in [-0.39, 0.29) is 11.4 Å². The van der Waals surface area contributed by atoms with E-state index in [4.69, 9.17) is 23.2 Å². The number of hydrogen-bond acceptors (Lipinski definition) is 2. The number of nitrogens with one attached hydrogen (secondary N) is 1. The van der Waals surface area contributed by atoms with Gasteiger partial charge < -0.3 is 5.32 Å². The van der Waals surface area contributed by atoms with Crippen LogP contribution in [0.3, 0.4) is 0 Å². The molecule has 5 heteroatoms. The minimum absolute atomic E-state index is 0.0125. The van der Waals surface area contributed by atoms with E-state index < -0.39 is 0 Å². The molecule has 1 aromatic carbocycles. The van der Waals surface area contributed by atoms with Crippen molar-refractivity contribution in [2.24, 2.45) is 16.7 Å². The van der Waals surface area contributed by atoms with Gasteiger partial charge in [-0.05, 0) is 67.4 Å². The summed E-state index contributed by atoms with van der Waals surface area (Å²) in [5, 5.41) is 5.60. The van der Waals surface area contributed by atoms with Crippen molar-refractivity contribution < 1.29 is 4.79 Å². The molecule has 6 rings (SSSR count). The molecule has 26 heavy (non-hydrogen) atoms. The molecule has 0 radical (unpaired) electrons. The van der Waals surface area contributed by atoms with Gasteiger partial charge in [-0.25, -0.2) is 0 Å². The summed E-state index contributed by atoms with van der Waals surface area (Å²) in [7, 11) is 0. The summed E-state index contributed by atoms with van der Waals surface area (Å²) in [5.74, 6) is 0.736. The second kappa shape index (κ2) is 5.40. The Bertz CT molecular complexity index is 917. The molecule has 138 valence electrons. The second-order valence-corrected chi connectivity index (χ2v) is 11.6. The van der Waals surface area contributed by atoms with Crippen molar-refractivity contribution in [1.29, 1.82) is 0 Å². The maximum atomic E-state index is 13.2. The molecule has 1 amide bonds. The molecule has 2 unspecified atom stereocenters. The zero-order chi connectivity index (χ0) is 18.3. The Balaban J connectivity index is 1.48. The normalized spacial score (nSPS) is 38.1. The Morgan fingerprint density at radius 2 is 1.81 bits per heavy atom. The molecule has 4 bridgehead atoms. The van der Waals surface area contributed by atoms with E-state index in [2.05, 4.69) is 19.2 Å². The Morgan fingerprint density at radius 1 is 1.12 bits per heavy atom. The SMILES string of the molecule is C[C@]12CC3CC(NC(=O)c4sc5cc(Cl)ccc5c4Cl)(C1)C[C@@](C)(C3)C2. The molecular formula is C21H23Cl2NOS. The fraction of sp³-hybridized carbons (Fsp3) is 0.571. The summed E-state index contributed by atoms with van der Waals surface area (Å²) in [6, 6.07) is 5.61. The minimum atomic E-state index is -0.0584. The smallest absolute Gasteiger partial charge is 0.263 e. The van der Waals surface area contributed by atoms with Crippen molar-refractivity contribution in [3.05, 3.63) is 33.1 Å². The van der Waals surface area contributed by atoms with Gasteiger partial charge in [0.1, 0.15) is 4.88 Å². The number of thiophene rings is 1. The predicted molar refractivity (Wildman–Crippen MR) is 109 cm³/mol. The van der Waals surface area contributed by atoms with E-state index in [1.807, 2.05) is 18.2 Å². The first-order valence-electron chi connectivity index (χ1n) is 9.39. The molecule has 4 atom stereocenters. The molecule has 4 fully saturated rings. The second-order valence-electron chi connectivity index (χ2n) is 9.75. The lowest BCUT2D eigenvalue weighted by Gasteiger charge is -2.65. The van der Waals surface area contributed by atoms with E-state index in [1.165, 1.54) is 30.6 Å². The van der Waals surface area contributed by atoms with Gasteiger partial charge in [0.25, 0.3) is 5.91 Å². The molecular weight excluding hydrogens is 385 g/mol. The van der Waals surface area contributed by atoms with Crippen LogP contribution in [0.15, 0.2) is 18.2 Å². The van der Waals surface area contributed by atoms with E-state index >= 15 is 0 Å². The van der Waals surface area contributed by atoms with Gasteiger partial charge in [0, 0.05) is 20.6 Å². The highest BCUT2D eigenvalue weighted by molar-refractivity contribution is 7.21. The van der Waals surface area contributed by atoms with E-state index in [1.54, 1.807) is 0 Å². The topological polar surface area (TPSA) is 29.1 Å². The van der Waals surface area contributed by atoms with Crippen molar-refractivity contribution in [2.75, 3.05) is 0 Å². The molecule has 1 heterocycles. The summed E-state index contributed by atoms with van der Waals surface area (Å²) >= 11 is 14.1. The number of carbonyl (C=O) groups excluding carboxylic acids is 1. The summed E-state index contributed by atoms with van der Waals surface area (Å²) in [4.78, 5) is 13.8. The first kappa shape index (κ1) is 17.3. The van der Waals surface area contributed by atoms with Gasteiger partial charge in [-0.1, -0.05) is 43.1 Å². The summed E-state index contributed by atoms with van der Waals surface area (Å²) in [6.45, 7) is 4.84. The molecule has 4 saturated carbocycles. The number of rotatable bonds is 2. The van der Waals surface area contributed by atoms with Crippen LogP contribution in [0.5, 0.6) is 0 Å². The maximum Gasteiger partial charge on any atom is 0.263 e. The standard InChI is InChI=1S/C21H23Cl2NOS/c1-19-6-12-7-20(2,9-19)11-21(8-12,10-19)24-18(25)17-16(23)14-4-3-13(22)5-15(14)26-17/h3-5,12H,6-11H2,1-2H3,(H,24,25)/t12?,19-,20+,21?. The third-order valence-electron chi connectivity index (χ3n) is 6.80. The number of benzene rings is 1. The van der Waals surface area contributed by atoms with Gasteiger partial charge in [-0.2, -0.15) is 0 Å². The fourth-order valence-electron chi connectivity index (χ4n) is 7.07. The Kier molecular flexibility index (Phi) is 3.60. The largest absolute Gasteiger partial charge is 0.346 e. The van der Waals surface area contributed by atoms with Gasteiger partial charge in [0.05, 0.1) is 5.02 Å². The monoisotopic (exact) mass is 407 g/mol. The average Bonchev–Trinajstić information content (AvgIpc) is 2.79. The van der Waals surface area contributed by atoms with Crippen LogP contribution in [0.1, 0.15) is 62.0 Å². The van der Waals surface area contributed by atoms with Crippen LogP contribution < -0.4 is 5.32 Å². The lowest BCUT2D eigenvalue weighted by atomic mass is 9.43. The van der Waals surface area contributed by atoms with Crippen molar-refractivity contribution >= 4 is 50.5 Å². The van der Waals surface area contributed by atoms with Gasteiger partial charge in [0.15, 0.2) is 0 Å². The van der Waals surface area contributed by atoms with Crippen LogP contribution in [-0.2, 0) is 0 Å². The van der Waals surface area contributed by atoms with Crippen molar-refractivity contribution in [1.82, 2.24) is 5.32 Å². The van der Waals surface area contributed by atoms with Crippen molar-refractivity contribution in [3.8, 4) is 0 Å². The Hall–Kier alpha value is -0.770. The highest BCUT2D eigenvalue weighted by Crippen LogP contribution is 2.66. The van der Waals surface area contributed by atoms with E-state index in [9.17, 15) is 4.79 Å². The van der Waals surface area contributed by atoms with Crippen molar-refractivity contribution in [3.63, 3.8) is 0 Å². The molecule has 0 aliphatic heterocycles. The summed E-state index contributed by atoms with van der Waals surface area (Å²) < 4.78 is 0.970. The van der Waals surface area contributed by atoms with Crippen LogP contribution >= 0.6 is 34.5 Å². The summed E-state index contributed by atoms with van der Waals surface area (Å²) in [5.41, 5.74) is 0.689. The molecule has 4 aliphatic carbocycles. The zero-order valence-electron chi connectivity index (χ0n) is 15.1. The number of fused-ring (bicyclic) bond motifs is 1. The Labute approximate surface area is 168 Å². The third kappa shape index (κ3) is 2.62. The molecule has 0 saturated heterocycles. The lowest BCUT2D eigenvalue weighted by molar-refractivity contribution is -0.114. The number of carbonyl (C=O) groups is 1. The minimum Gasteiger partial charge on any atom is -0.346 e. The first-order chi connectivity index (χ1) is 12.2. The maximum absolute atomic E-state index is 13.2. The van der Waals surface area contributed by atoms with Crippen LogP contribution in [0.25, 0.3) is 10.1 Å². The fourth-order valence-corrected chi connectivity index (χ4v) is 8.76. The predicted octanol–water partition coefficient (Wildman–Crippen LogP) is 6.69. The third-order valence-corrected chi connectivity index (χ3v) is 8.69. The van der Waals surface area contributed by atoms with Crippen LogP contribution in [0, 0.1) is 16.7 Å². The van der Waals surface area contributed by atoms with Crippen LogP contribution in [0.2, 0.25) is 10.0 Å². The molecule has 1 N–H and O–H groups in total. The number of halogens is 2. The van der Waals surface area contributed by atoms with Crippen LogP contribution in [0.4, 0.5) is 0 Å².